The van der Waals surface area contributed by atoms with E-state index in [0.717, 1.165) is 37.8 Å². The summed E-state index contributed by atoms with van der Waals surface area (Å²) in [6.07, 6.45) is 13.0. The molecule has 218 valence electrons. The molecule has 0 bridgehead atoms. The second-order valence-corrected chi connectivity index (χ2v) is 11.6. The van der Waals surface area contributed by atoms with Crippen molar-refractivity contribution < 1.29 is 14.3 Å². The van der Waals surface area contributed by atoms with Crippen LogP contribution in [0.2, 0.25) is 0 Å². The smallest absolute Gasteiger partial charge is 0.320 e. The second kappa shape index (κ2) is 12.1. The minimum Gasteiger partial charge on any atom is -0.387 e. The lowest BCUT2D eigenvalue weighted by molar-refractivity contribution is -0.136. The number of rotatable bonds is 6. The average molecular weight is 562 g/mol. The number of piperidine rings is 1. The predicted molar refractivity (Wildman–Crippen MR) is 158 cm³/mol. The summed E-state index contributed by atoms with van der Waals surface area (Å²) in [5, 5.41) is 15.5. The largest absolute Gasteiger partial charge is 0.387 e. The van der Waals surface area contributed by atoms with Crippen molar-refractivity contribution in [1.29, 1.82) is 0 Å². The molecule has 3 heterocycles. The first kappa shape index (κ1) is 29.0. The second-order valence-electron chi connectivity index (χ2n) is 11.6. The zero-order valence-corrected chi connectivity index (χ0v) is 23.8. The van der Waals surface area contributed by atoms with Crippen molar-refractivity contribution in [1.82, 2.24) is 24.7 Å². The van der Waals surface area contributed by atoms with Gasteiger partial charge in [0.25, 0.3) is 5.56 Å². The number of nitrogens with one attached hydrogen (secondary N) is 1. The van der Waals surface area contributed by atoms with Gasteiger partial charge in [-0.25, -0.2) is 14.2 Å². The summed E-state index contributed by atoms with van der Waals surface area (Å²) >= 11 is 0. The van der Waals surface area contributed by atoms with Crippen LogP contribution in [0.25, 0.3) is 11.3 Å². The van der Waals surface area contributed by atoms with Gasteiger partial charge in [0.05, 0.1) is 30.2 Å². The highest BCUT2D eigenvalue weighted by atomic mass is 19.1. The molecular weight excluding hydrogens is 521 g/mol. The van der Waals surface area contributed by atoms with Crippen molar-refractivity contribution in [3.8, 4) is 11.3 Å². The molecule has 2 saturated heterocycles. The number of benzene rings is 1. The lowest BCUT2D eigenvalue weighted by Crippen LogP contribution is -2.65. The van der Waals surface area contributed by atoms with Gasteiger partial charge in [0, 0.05) is 49.8 Å². The maximum absolute atomic E-state index is 14.3. The third-order valence-electron chi connectivity index (χ3n) is 9.10. The average Bonchev–Trinajstić information content (AvgIpc) is 3.46. The minimum atomic E-state index is -1.17. The number of likely N-dealkylation sites (tertiary alicyclic amines) is 1. The van der Waals surface area contributed by atoms with E-state index in [0.29, 0.717) is 32.6 Å². The Balaban J connectivity index is 1.35. The third kappa shape index (κ3) is 5.78. The third-order valence-corrected chi connectivity index (χ3v) is 9.10. The number of carbonyl (C=O) groups is 1. The summed E-state index contributed by atoms with van der Waals surface area (Å²) in [5.41, 5.74) is -0.630. The summed E-state index contributed by atoms with van der Waals surface area (Å²) in [6.45, 7) is 9.06. The van der Waals surface area contributed by atoms with Crippen LogP contribution >= 0.6 is 0 Å². The van der Waals surface area contributed by atoms with E-state index in [1.807, 2.05) is 41.0 Å². The van der Waals surface area contributed by atoms with Crippen LogP contribution < -0.4 is 10.9 Å². The van der Waals surface area contributed by atoms with Crippen LogP contribution in [0.1, 0.15) is 39.0 Å². The quantitative estimate of drug-likeness (QED) is 0.518. The number of urea groups is 1. The molecule has 2 aliphatic heterocycles. The Labute approximate surface area is 240 Å². The van der Waals surface area contributed by atoms with E-state index in [9.17, 15) is 19.1 Å². The van der Waals surface area contributed by atoms with Crippen molar-refractivity contribution in [2.45, 2.75) is 57.2 Å². The van der Waals surface area contributed by atoms with E-state index >= 15 is 0 Å². The Morgan fingerprint density at radius 3 is 2.73 bits per heavy atom. The normalized spacial score (nSPS) is 24.5. The van der Waals surface area contributed by atoms with E-state index in [2.05, 4.69) is 16.9 Å². The lowest BCUT2D eigenvalue weighted by atomic mass is 9.66. The van der Waals surface area contributed by atoms with Crippen molar-refractivity contribution in [2.75, 3.05) is 32.7 Å². The molecule has 2 N–H and O–H groups in total. The number of allylic oxidation sites excluding steroid dienone is 3. The Morgan fingerprint density at radius 2 is 2.00 bits per heavy atom. The molecule has 5 rings (SSSR count). The van der Waals surface area contributed by atoms with Gasteiger partial charge in [0.15, 0.2) is 0 Å². The van der Waals surface area contributed by atoms with E-state index in [1.54, 1.807) is 18.2 Å². The van der Waals surface area contributed by atoms with Gasteiger partial charge >= 0.3 is 6.03 Å². The molecule has 1 aromatic heterocycles. The number of amides is 2. The number of hydrogen-bond donors (Lipinski definition) is 2. The highest BCUT2D eigenvalue weighted by molar-refractivity contribution is 5.76. The molecule has 9 heteroatoms. The lowest BCUT2D eigenvalue weighted by Gasteiger charge is -2.53. The van der Waals surface area contributed by atoms with Crippen molar-refractivity contribution in [3.63, 3.8) is 0 Å². The maximum atomic E-state index is 14.3. The Morgan fingerprint density at radius 1 is 1.22 bits per heavy atom. The first-order valence-electron chi connectivity index (χ1n) is 14.6. The van der Waals surface area contributed by atoms with E-state index in [-0.39, 0.29) is 35.4 Å². The van der Waals surface area contributed by atoms with E-state index in [1.165, 1.54) is 23.0 Å². The molecule has 2 atom stereocenters. The standard InChI is InChI=1S/C32H40FN5O3/c1-3-4-5-10-24(2)28-20-34-16-18-38(28)30(40)36-17-15-32(41,31(21-36)13-8-9-14-31)22-37-23-35-27(19-29(37)39)25-11-6-7-12-26(25)33/h3-7,10-12,19,23,28,34,41H,2,8-9,13-18,20-22H2,1H3/b4-3-,10-5-/t28-,32+/m0/s1. The fourth-order valence-electron chi connectivity index (χ4n) is 6.75. The van der Waals surface area contributed by atoms with Crippen LogP contribution in [0.5, 0.6) is 0 Å². The molecule has 3 fully saturated rings. The number of carbonyl (C=O) groups excluding carboxylic acids is 1. The molecule has 1 aromatic carbocycles. The molecule has 0 radical (unpaired) electrons. The van der Waals surface area contributed by atoms with Gasteiger partial charge in [-0.1, -0.05) is 55.9 Å². The SMILES string of the molecule is C=C(/C=C\C=C/C)[C@@H]1CNCCN1C(=O)N1CC[C@@](O)(Cn2cnc(-c3ccccc3F)cc2=O)C2(CCCC2)C1. The topological polar surface area (TPSA) is 90.7 Å². The number of piperazine rings is 1. The first-order valence-corrected chi connectivity index (χ1v) is 14.6. The molecule has 1 saturated carbocycles. The molecular formula is C32H40FN5O3. The van der Waals surface area contributed by atoms with Gasteiger partial charge in [0.1, 0.15) is 5.82 Å². The Bertz CT molecular complexity index is 1400. The molecule has 1 spiro atoms. The van der Waals surface area contributed by atoms with Crippen LogP contribution in [-0.2, 0) is 6.54 Å². The molecule has 1 aliphatic carbocycles. The summed E-state index contributed by atoms with van der Waals surface area (Å²) < 4.78 is 15.7. The fraction of sp³-hybridized carbons (Fsp3) is 0.469. The number of aromatic nitrogens is 2. The van der Waals surface area contributed by atoms with E-state index in [4.69, 9.17) is 0 Å². The Kier molecular flexibility index (Phi) is 8.56. The molecule has 0 unspecified atom stereocenters. The number of halogens is 1. The van der Waals surface area contributed by atoms with Gasteiger partial charge in [0.2, 0.25) is 0 Å². The van der Waals surface area contributed by atoms with Crippen LogP contribution in [0.4, 0.5) is 9.18 Å². The predicted octanol–water partition coefficient (Wildman–Crippen LogP) is 4.13. The van der Waals surface area contributed by atoms with E-state index < -0.39 is 16.8 Å². The summed E-state index contributed by atoms with van der Waals surface area (Å²) in [6, 6.07) is 7.37. The molecule has 2 amide bonds. The van der Waals surface area contributed by atoms with Crippen LogP contribution in [0, 0.1) is 11.2 Å². The fourth-order valence-corrected chi connectivity index (χ4v) is 6.75. The van der Waals surface area contributed by atoms with Crippen LogP contribution in [0.3, 0.4) is 0 Å². The highest BCUT2D eigenvalue weighted by Gasteiger charge is 2.56. The van der Waals surface area contributed by atoms with Gasteiger partial charge in [-0.05, 0) is 43.9 Å². The number of nitrogens with zero attached hydrogens (tertiary/aromatic N) is 4. The first-order chi connectivity index (χ1) is 19.8. The zero-order chi connectivity index (χ0) is 29.0. The number of aliphatic hydroxyl groups is 1. The van der Waals surface area contributed by atoms with Crippen molar-refractivity contribution >= 4 is 6.03 Å². The van der Waals surface area contributed by atoms with Gasteiger partial charge in [-0.15, -0.1) is 0 Å². The zero-order valence-electron chi connectivity index (χ0n) is 23.8. The number of hydrogen-bond acceptors (Lipinski definition) is 5. The summed E-state index contributed by atoms with van der Waals surface area (Å²) in [4.78, 5) is 35.2. The van der Waals surface area contributed by atoms with Crippen molar-refractivity contribution in [2.24, 2.45) is 5.41 Å². The summed E-state index contributed by atoms with van der Waals surface area (Å²) in [5.74, 6) is -0.443. The summed E-state index contributed by atoms with van der Waals surface area (Å²) in [7, 11) is 0. The molecule has 2 aromatic rings. The van der Waals surface area contributed by atoms with Gasteiger partial charge < -0.3 is 20.2 Å². The van der Waals surface area contributed by atoms with Crippen LogP contribution in [-0.4, -0.2) is 74.9 Å². The molecule has 41 heavy (non-hydrogen) atoms. The highest BCUT2D eigenvalue weighted by Crippen LogP contribution is 2.51. The van der Waals surface area contributed by atoms with Gasteiger partial charge in [-0.3, -0.25) is 9.36 Å². The minimum absolute atomic E-state index is 0.0292. The monoisotopic (exact) mass is 561 g/mol. The van der Waals surface area contributed by atoms with Gasteiger partial charge in [-0.2, -0.15) is 0 Å². The van der Waals surface area contributed by atoms with Crippen molar-refractivity contribution in [3.05, 3.63) is 89.3 Å². The molecule has 3 aliphatic rings. The maximum Gasteiger partial charge on any atom is 0.320 e. The Hall–Kier alpha value is -3.56. The molecule has 8 nitrogen and oxygen atoms in total. The van der Waals surface area contributed by atoms with Crippen LogP contribution in [0.15, 0.2) is 77.9 Å².